The number of pyridine rings is 1. The molecule has 4 heteroatoms. The molecule has 0 aliphatic heterocycles. The number of aromatic nitrogens is 1. The Hall–Kier alpha value is -3.06. The quantitative estimate of drug-likeness (QED) is 0.717. The van der Waals surface area contributed by atoms with E-state index in [-0.39, 0.29) is 0 Å². The lowest BCUT2D eigenvalue weighted by Crippen LogP contribution is -1.95. The van der Waals surface area contributed by atoms with Gasteiger partial charge in [0.2, 0.25) is 5.88 Å². The predicted octanol–water partition coefficient (Wildman–Crippen LogP) is 3.48. The minimum Gasteiger partial charge on any atom is -0.436 e. The van der Waals surface area contributed by atoms with Crippen molar-refractivity contribution in [3.05, 3.63) is 60.3 Å². The summed E-state index contributed by atoms with van der Waals surface area (Å²) in [4.78, 5) is 4.24. The van der Waals surface area contributed by atoms with Crippen LogP contribution in [-0.2, 0) is 0 Å². The maximum Gasteiger partial charge on any atom is 0.227 e. The van der Waals surface area contributed by atoms with Crippen LogP contribution in [0.15, 0.2) is 54.7 Å². The third kappa shape index (κ3) is 2.13. The van der Waals surface area contributed by atoms with Crippen molar-refractivity contribution in [2.75, 3.05) is 5.73 Å². The first-order valence-corrected chi connectivity index (χ1v) is 6.09. The minimum atomic E-state index is 0.416. The van der Waals surface area contributed by atoms with Crippen LogP contribution in [0, 0.1) is 11.3 Å². The second-order valence-corrected chi connectivity index (χ2v) is 4.30. The van der Waals surface area contributed by atoms with Crippen molar-refractivity contribution in [3.8, 4) is 17.7 Å². The Morgan fingerprint density at radius 1 is 1.10 bits per heavy atom. The summed E-state index contributed by atoms with van der Waals surface area (Å²) in [5.41, 5.74) is 6.80. The molecular weight excluding hydrogens is 250 g/mol. The number of nitrogens with two attached hydrogens (primary N) is 1. The van der Waals surface area contributed by atoms with E-state index in [0.29, 0.717) is 22.9 Å². The number of anilines is 1. The van der Waals surface area contributed by atoms with Crippen LogP contribution in [0.3, 0.4) is 0 Å². The van der Waals surface area contributed by atoms with Crippen LogP contribution in [0.5, 0.6) is 11.6 Å². The van der Waals surface area contributed by atoms with Gasteiger partial charge in [-0.3, -0.25) is 0 Å². The van der Waals surface area contributed by atoms with E-state index < -0.39 is 0 Å². The van der Waals surface area contributed by atoms with Gasteiger partial charge in [-0.2, -0.15) is 5.26 Å². The fourth-order valence-electron chi connectivity index (χ4n) is 1.99. The van der Waals surface area contributed by atoms with Gasteiger partial charge in [-0.05, 0) is 35.7 Å². The molecule has 0 saturated carbocycles. The number of nitrogen functional groups attached to an aromatic ring is 1. The first kappa shape index (κ1) is 12.0. The van der Waals surface area contributed by atoms with Crippen LogP contribution in [-0.4, -0.2) is 4.98 Å². The molecule has 2 aromatic carbocycles. The summed E-state index contributed by atoms with van der Waals surface area (Å²) < 4.78 is 5.78. The number of hydrogen-bond acceptors (Lipinski definition) is 4. The Balaban J connectivity index is 2.04. The largest absolute Gasteiger partial charge is 0.436 e. The number of hydrogen-bond donors (Lipinski definition) is 1. The Bertz CT molecular complexity index is 816. The standard InChI is InChI=1S/C16H11N3O/c17-10-11-5-6-15(14(18)9-11)20-16-13-4-2-1-3-12(13)7-8-19-16/h1-9H,18H2. The molecule has 0 spiro atoms. The van der Waals surface area contributed by atoms with Gasteiger partial charge in [-0.15, -0.1) is 0 Å². The summed E-state index contributed by atoms with van der Waals surface area (Å²) in [7, 11) is 0. The van der Waals surface area contributed by atoms with Crippen molar-refractivity contribution >= 4 is 16.5 Å². The van der Waals surface area contributed by atoms with Gasteiger partial charge in [-0.1, -0.05) is 18.2 Å². The van der Waals surface area contributed by atoms with E-state index in [1.54, 1.807) is 24.4 Å². The van der Waals surface area contributed by atoms with Gasteiger partial charge in [0.05, 0.1) is 17.3 Å². The van der Waals surface area contributed by atoms with Crippen molar-refractivity contribution in [3.63, 3.8) is 0 Å². The summed E-state index contributed by atoms with van der Waals surface area (Å²) in [5, 5.41) is 10.8. The summed E-state index contributed by atoms with van der Waals surface area (Å²) in [6.07, 6.45) is 1.69. The number of nitriles is 1. The topological polar surface area (TPSA) is 71.9 Å². The van der Waals surface area contributed by atoms with Crippen LogP contribution < -0.4 is 10.5 Å². The van der Waals surface area contributed by atoms with Gasteiger partial charge in [0.25, 0.3) is 0 Å². The fraction of sp³-hybridized carbons (Fsp3) is 0. The van der Waals surface area contributed by atoms with Crippen molar-refractivity contribution in [2.45, 2.75) is 0 Å². The van der Waals surface area contributed by atoms with Crippen molar-refractivity contribution in [2.24, 2.45) is 0 Å². The molecule has 20 heavy (non-hydrogen) atoms. The minimum absolute atomic E-state index is 0.416. The Morgan fingerprint density at radius 3 is 2.75 bits per heavy atom. The maximum atomic E-state index is 8.83. The molecule has 0 unspecified atom stereocenters. The number of nitrogens with zero attached hydrogens (tertiary/aromatic N) is 2. The smallest absolute Gasteiger partial charge is 0.227 e. The molecule has 0 bridgehead atoms. The van der Waals surface area contributed by atoms with Crippen LogP contribution in [0.1, 0.15) is 5.56 Å². The molecule has 3 aromatic rings. The van der Waals surface area contributed by atoms with E-state index >= 15 is 0 Å². The van der Waals surface area contributed by atoms with Crippen molar-refractivity contribution in [1.29, 1.82) is 5.26 Å². The normalized spacial score (nSPS) is 10.2. The molecule has 1 aromatic heterocycles. The molecule has 4 nitrogen and oxygen atoms in total. The molecule has 0 fully saturated rings. The SMILES string of the molecule is N#Cc1ccc(Oc2nccc3ccccc23)c(N)c1. The number of rotatable bonds is 2. The first-order valence-electron chi connectivity index (χ1n) is 6.09. The molecule has 1 heterocycles. The lowest BCUT2D eigenvalue weighted by molar-refractivity contribution is 0.471. The molecule has 0 atom stereocenters. The molecule has 0 radical (unpaired) electrons. The van der Waals surface area contributed by atoms with Gasteiger partial charge in [0.15, 0.2) is 5.75 Å². The highest BCUT2D eigenvalue weighted by atomic mass is 16.5. The lowest BCUT2D eigenvalue weighted by Gasteiger charge is -2.09. The molecule has 0 aliphatic carbocycles. The molecule has 0 saturated heterocycles. The highest BCUT2D eigenvalue weighted by Crippen LogP contribution is 2.31. The van der Waals surface area contributed by atoms with Crippen LogP contribution in [0.25, 0.3) is 10.8 Å². The first-order chi connectivity index (χ1) is 9.78. The second-order valence-electron chi connectivity index (χ2n) is 4.30. The van der Waals surface area contributed by atoms with Gasteiger partial charge < -0.3 is 10.5 Å². The van der Waals surface area contributed by atoms with E-state index in [1.165, 1.54) is 0 Å². The zero-order chi connectivity index (χ0) is 13.9. The van der Waals surface area contributed by atoms with E-state index in [4.69, 9.17) is 15.7 Å². The van der Waals surface area contributed by atoms with Gasteiger partial charge in [0, 0.05) is 11.6 Å². The predicted molar refractivity (Wildman–Crippen MR) is 77.4 cm³/mol. The maximum absolute atomic E-state index is 8.83. The summed E-state index contributed by atoms with van der Waals surface area (Å²) >= 11 is 0. The molecule has 96 valence electrons. The Labute approximate surface area is 116 Å². The average molecular weight is 261 g/mol. The van der Waals surface area contributed by atoms with Crippen LogP contribution in [0.2, 0.25) is 0 Å². The average Bonchev–Trinajstić information content (AvgIpc) is 2.49. The number of ether oxygens (including phenoxy) is 1. The van der Waals surface area contributed by atoms with E-state index in [2.05, 4.69) is 4.98 Å². The van der Waals surface area contributed by atoms with Gasteiger partial charge in [0.1, 0.15) is 0 Å². The Morgan fingerprint density at radius 2 is 1.95 bits per heavy atom. The van der Waals surface area contributed by atoms with Gasteiger partial charge in [-0.25, -0.2) is 4.98 Å². The Kier molecular flexibility index (Phi) is 2.94. The number of benzene rings is 2. The summed E-state index contributed by atoms with van der Waals surface area (Å²) in [6.45, 7) is 0. The molecule has 0 amide bonds. The molecule has 3 rings (SSSR count). The lowest BCUT2D eigenvalue weighted by atomic mass is 10.2. The number of fused-ring (bicyclic) bond motifs is 1. The van der Waals surface area contributed by atoms with E-state index in [9.17, 15) is 0 Å². The molecular formula is C16H11N3O. The van der Waals surface area contributed by atoms with Crippen LogP contribution >= 0.6 is 0 Å². The zero-order valence-corrected chi connectivity index (χ0v) is 10.6. The van der Waals surface area contributed by atoms with E-state index in [0.717, 1.165) is 10.8 Å². The summed E-state index contributed by atoms with van der Waals surface area (Å²) in [6, 6.07) is 16.7. The fourth-order valence-corrected chi connectivity index (χ4v) is 1.99. The highest BCUT2D eigenvalue weighted by molar-refractivity contribution is 5.86. The van der Waals surface area contributed by atoms with Gasteiger partial charge >= 0.3 is 0 Å². The van der Waals surface area contributed by atoms with Crippen molar-refractivity contribution in [1.82, 2.24) is 4.98 Å². The zero-order valence-electron chi connectivity index (χ0n) is 10.6. The van der Waals surface area contributed by atoms with Crippen LogP contribution in [0.4, 0.5) is 5.69 Å². The van der Waals surface area contributed by atoms with Crippen molar-refractivity contribution < 1.29 is 4.74 Å². The third-order valence-corrected chi connectivity index (χ3v) is 2.98. The summed E-state index contributed by atoms with van der Waals surface area (Å²) in [5.74, 6) is 0.993. The molecule has 0 aliphatic rings. The molecule has 2 N–H and O–H groups in total. The second kappa shape index (κ2) is 4.90. The monoisotopic (exact) mass is 261 g/mol. The van der Waals surface area contributed by atoms with E-state index in [1.807, 2.05) is 36.4 Å². The highest BCUT2D eigenvalue weighted by Gasteiger charge is 2.07. The third-order valence-electron chi connectivity index (χ3n) is 2.98.